The Labute approximate surface area is 126 Å². The van der Waals surface area contributed by atoms with Gasteiger partial charge in [0.15, 0.2) is 0 Å². The molecule has 0 spiro atoms. The van der Waals surface area contributed by atoms with Crippen LogP contribution in [0, 0.1) is 5.92 Å². The molecule has 1 amide bonds. The van der Waals surface area contributed by atoms with Gasteiger partial charge in [-0.15, -0.1) is 0 Å². The molecule has 0 saturated carbocycles. The second-order valence-corrected chi connectivity index (χ2v) is 5.91. The van der Waals surface area contributed by atoms with Crippen molar-refractivity contribution in [2.24, 2.45) is 5.92 Å². The number of amides is 1. The van der Waals surface area contributed by atoms with E-state index in [2.05, 4.69) is 24.5 Å². The molecule has 110 valence electrons. The van der Waals surface area contributed by atoms with Crippen LogP contribution in [0.3, 0.4) is 0 Å². The summed E-state index contributed by atoms with van der Waals surface area (Å²) in [6, 6.07) is 7.81. The van der Waals surface area contributed by atoms with E-state index in [1.807, 2.05) is 24.3 Å². The van der Waals surface area contributed by atoms with Crippen LogP contribution in [0.15, 0.2) is 24.3 Å². The summed E-state index contributed by atoms with van der Waals surface area (Å²) in [7, 11) is 0. The predicted molar refractivity (Wildman–Crippen MR) is 82.8 cm³/mol. The molecule has 0 aliphatic carbocycles. The number of nitrogens with one attached hydrogen (secondary N) is 2. The van der Waals surface area contributed by atoms with E-state index in [1.165, 1.54) is 0 Å². The van der Waals surface area contributed by atoms with Gasteiger partial charge in [0.25, 0.3) is 0 Å². The summed E-state index contributed by atoms with van der Waals surface area (Å²) in [6.07, 6.45) is 2.67. The molecule has 2 rings (SSSR count). The Balaban J connectivity index is 2.20. The highest BCUT2D eigenvalue weighted by molar-refractivity contribution is 6.30. The van der Waals surface area contributed by atoms with Gasteiger partial charge in [0.05, 0.1) is 11.5 Å². The summed E-state index contributed by atoms with van der Waals surface area (Å²) in [5.74, 6) is 0.258. The molecule has 1 aliphatic rings. The van der Waals surface area contributed by atoms with Gasteiger partial charge in [0.2, 0.25) is 5.91 Å². The lowest BCUT2D eigenvalue weighted by Gasteiger charge is -2.34. The minimum atomic E-state index is -0.287. The van der Waals surface area contributed by atoms with Gasteiger partial charge in [0.1, 0.15) is 0 Å². The van der Waals surface area contributed by atoms with E-state index in [0.29, 0.717) is 0 Å². The van der Waals surface area contributed by atoms with Gasteiger partial charge in [-0.25, -0.2) is 0 Å². The van der Waals surface area contributed by atoms with Crippen LogP contribution in [-0.2, 0) is 10.3 Å². The number of halogens is 1. The molecular formula is C16H23ClN2O. The van der Waals surface area contributed by atoms with E-state index >= 15 is 0 Å². The first-order valence-electron chi connectivity index (χ1n) is 7.40. The number of hydrogen-bond donors (Lipinski definition) is 2. The highest BCUT2D eigenvalue weighted by Gasteiger charge is 2.33. The molecule has 0 aromatic heterocycles. The predicted octanol–water partition coefficient (Wildman–Crippen LogP) is 3.08. The fourth-order valence-electron chi connectivity index (χ4n) is 2.89. The van der Waals surface area contributed by atoms with Crippen LogP contribution in [0.1, 0.15) is 38.7 Å². The molecule has 2 N–H and O–H groups in total. The van der Waals surface area contributed by atoms with E-state index in [1.54, 1.807) is 0 Å². The Morgan fingerprint density at radius 1 is 1.35 bits per heavy atom. The normalized spacial score (nSPS) is 19.1. The molecule has 20 heavy (non-hydrogen) atoms. The third kappa shape index (κ3) is 3.15. The fraction of sp³-hybridized carbons (Fsp3) is 0.562. The zero-order chi connectivity index (χ0) is 14.6. The van der Waals surface area contributed by atoms with E-state index in [-0.39, 0.29) is 17.4 Å². The van der Waals surface area contributed by atoms with E-state index in [0.717, 1.165) is 42.9 Å². The first kappa shape index (κ1) is 15.3. The maximum Gasteiger partial charge on any atom is 0.225 e. The van der Waals surface area contributed by atoms with Gasteiger partial charge < -0.3 is 10.6 Å². The van der Waals surface area contributed by atoms with Crippen LogP contribution >= 0.6 is 11.6 Å². The quantitative estimate of drug-likeness (QED) is 0.876. The van der Waals surface area contributed by atoms with Crippen molar-refractivity contribution in [1.29, 1.82) is 0 Å². The molecule has 4 heteroatoms. The van der Waals surface area contributed by atoms with Gasteiger partial charge in [-0.3, -0.25) is 4.79 Å². The van der Waals surface area contributed by atoms with Gasteiger partial charge in [-0.1, -0.05) is 37.6 Å². The Hall–Kier alpha value is -1.06. The second kappa shape index (κ2) is 6.59. The van der Waals surface area contributed by atoms with Crippen LogP contribution in [0.5, 0.6) is 0 Å². The first-order valence-corrected chi connectivity index (χ1v) is 7.78. The molecule has 1 atom stereocenters. The SMILES string of the molecule is CCC(CC)(NC(=O)C1CCNC1)c1ccc(Cl)cc1. The second-order valence-electron chi connectivity index (χ2n) is 5.48. The zero-order valence-corrected chi connectivity index (χ0v) is 13.0. The van der Waals surface area contributed by atoms with Crippen molar-refractivity contribution < 1.29 is 4.79 Å². The van der Waals surface area contributed by atoms with Crippen molar-refractivity contribution in [2.75, 3.05) is 13.1 Å². The lowest BCUT2D eigenvalue weighted by Crippen LogP contribution is -2.47. The molecular weight excluding hydrogens is 272 g/mol. The average Bonchev–Trinajstić information content (AvgIpc) is 3.00. The summed E-state index contributed by atoms with van der Waals surface area (Å²) < 4.78 is 0. The molecule has 0 bridgehead atoms. The molecule has 0 radical (unpaired) electrons. The average molecular weight is 295 g/mol. The fourth-order valence-corrected chi connectivity index (χ4v) is 3.02. The van der Waals surface area contributed by atoms with E-state index in [9.17, 15) is 4.79 Å². The van der Waals surface area contributed by atoms with Crippen LogP contribution in [0.2, 0.25) is 5.02 Å². The Bertz CT molecular complexity index is 448. The van der Waals surface area contributed by atoms with Crippen molar-refractivity contribution in [2.45, 2.75) is 38.6 Å². The minimum Gasteiger partial charge on any atom is -0.346 e. The lowest BCUT2D eigenvalue weighted by molar-refractivity contribution is -0.126. The largest absolute Gasteiger partial charge is 0.346 e. The summed E-state index contributed by atoms with van der Waals surface area (Å²) in [5, 5.41) is 7.25. The molecule has 3 nitrogen and oxygen atoms in total. The van der Waals surface area contributed by atoms with Crippen LogP contribution in [0.25, 0.3) is 0 Å². The third-order valence-corrected chi connectivity index (χ3v) is 4.65. The highest BCUT2D eigenvalue weighted by atomic mass is 35.5. The summed E-state index contributed by atoms with van der Waals surface area (Å²) >= 11 is 5.96. The monoisotopic (exact) mass is 294 g/mol. The molecule has 1 aliphatic heterocycles. The van der Waals surface area contributed by atoms with Gasteiger partial charge in [-0.05, 0) is 43.5 Å². The Morgan fingerprint density at radius 3 is 2.50 bits per heavy atom. The number of rotatable bonds is 5. The molecule has 1 unspecified atom stereocenters. The lowest BCUT2D eigenvalue weighted by atomic mass is 9.84. The molecule has 1 aromatic rings. The molecule has 1 saturated heterocycles. The highest BCUT2D eigenvalue weighted by Crippen LogP contribution is 2.30. The van der Waals surface area contributed by atoms with E-state index < -0.39 is 0 Å². The number of benzene rings is 1. The summed E-state index contributed by atoms with van der Waals surface area (Å²) in [4.78, 5) is 12.4. The van der Waals surface area contributed by atoms with Crippen LogP contribution in [-0.4, -0.2) is 19.0 Å². The minimum absolute atomic E-state index is 0.0970. The Kier molecular flexibility index (Phi) is 5.06. The smallest absolute Gasteiger partial charge is 0.225 e. The number of hydrogen-bond acceptors (Lipinski definition) is 2. The van der Waals surface area contributed by atoms with Crippen LogP contribution in [0.4, 0.5) is 0 Å². The van der Waals surface area contributed by atoms with Crippen LogP contribution < -0.4 is 10.6 Å². The third-order valence-electron chi connectivity index (χ3n) is 4.40. The maximum atomic E-state index is 12.4. The summed E-state index contributed by atoms with van der Waals surface area (Å²) in [5.41, 5.74) is 0.843. The molecule has 1 heterocycles. The van der Waals surface area contributed by atoms with Gasteiger partial charge in [-0.2, -0.15) is 0 Å². The van der Waals surface area contributed by atoms with E-state index in [4.69, 9.17) is 11.6 Å². The zero-order valence-electron chi connectivity index (χ0n) is 12.2. The maximum absolute atomic E-state index is 12.4. The number of carbonyl (C=O) groups is 1. The van der Waals surface area contributed by atoms with Crippen molar-refractivity contribution in [3.05, 3.63) is 34.9 Å². The van der Waals surface area contributed by atoms with Gasteiger partial charge >= 0.3 is 0 Å². The topological polar surface area (TPSA) is 41.1 Å². The Morgan fingerprint density at radius 2 is 2.00 bits per heavy atom. The number of carbonyl (C=O) groups excluding carboxylic acids is 1. The molecule has 1 aromatic carbocycles. The van der Waals surface area contributed by atoms with Crippen molar-refractivity contribution in [3.8, 4) is 0 Å². The standard InChI is InChI=1S/C16H23ClN2O/c1-3-16(4-2,13-5-7-14(17)8-6-13)19-15(20)12-9-10-18-11-12/h5-8,12,18H,3-4,9-11H2,1-2H3,(H,19,20). The van der Waals surface area contributed by atoms with Crippen molar-refractivity contribution in [3.63, 3.8) is 0 Å². The summed E-state index contributed by atoms with van der Waals surface area (Å²) in [6.45, 7) is 5.96. The van der Waals surface area contributed by atoms with Crippen molar-refractivity contribution >= 4 is 17.5 Å². The van der Waals surface area contributed by atoms with Crippen molar-refractivity contribution in [1.82, 2.24) is 10.6 Å². The first-order chi connectivity index (χ1) is 9.61. The molecule has 1 fully saturated rings. The van der Waals surface area contributed by atoms with Gasteiger partial charge in [0, 0.05) is 11.6 Å².